The number of rotatable bonds is 4. The third-order valence-corrected chi connectivity index (χ3v) is 9.90. The summed E-state index contributed by atoms with van der Waals surface area (Å²) < 4.78 is 82.6. The maximum atomic E-state index is 15.1. The molecule has 1 aromatic carbocycles. The summed E-state index contributed by atoms with van der Waals surface area (Å²) in [6.07, 6.45) is -2.85. The Hall–Kier alpha value is -3.76. The molecule has 4 aliphatic rings. The number of ether oxygens (including phenoxy) is 2. The molecule has 0 saturated carbocycles. The third-order valence-electron chi connectivity index (χ3n) is 9.50. The highest BCUT2D eigenvalue weighted by atomic mass is 35.5. The maximum absolute atomic E-state index is 15.1. The minimum Gasteiger partial charge on any atom is -0.467 e. The molecule has 3 aromatic rings. The number of fused-ring (bicyclic) bond motifs is 3. The molecule has 3 unspecified atom stereocenters. The number of nitrogens with one attached hydrogen (secondary N) is 1. The number of aromatic nitrogens is 4. The van der Waals surface area contributed by atoms with E-state index in [-0.39, 0.29) is 41.9 Å². The number of halogens is 6. The van der Waals surface area contributed by atoms with Crippen LogP contribution in [-0.2, 0) is 37.0 Å². The lowest BCUT2D eigenvalue weighted by molar-refractivity contribution is -0.140. The number of carbonyl (C=O) groups excluding carboxylic acids is 1. The van der Waals surface area contributed by atoms with Crippen molar-refractivity contribution in [3.63, 3.8) is 0 Å². The van der Waals surface area contributed by atoms with Gasteiger partial charge >= 0.3 is 12.2 Å². The highest BCUT2D eigenvalue weighted by Gasteiger charge is 2.42. The molecule has 0 spiro atoms. The highest BCUT2D eigenvalue weighted by Crippen LogP contribution is 2.44. The van der Waals surface area contributed by atoms with Crippen molar-refractivity contribution in [1.82, 2.24) is 30.0 Å². The molecule has 1 amide bonds. The van der Waals surface area contributed by atoms with E-state index < -0.39 is 47.0 Å². The Kier molecular flexibility index (Phi) is 9.93. The van der Waals surface area contributed by atoms with E-state index >= 15 is 4.39 Å². The predicted octanol–water partition coefficient (Wildman–Crippen LogP) is 5.16. The van der Waals surface area contributed by atoms with E-state index in [0.717, 1.165) is 19.0 Å². The molecular formula is C32H38ClF5N8O3. The van der Waals surface area contributed by atoms with E-state index in [1.54, 1.807) is 4.68 Å². The van der Waals surface area contributed by atoms with Gasteiger partial charge in [0.25, 0.3) is 5.91 Å². The van der Waals surface area contributed by atoms with Crippen molar-refractivity contribution < 1.29 is 36.2 Å². The van der Waals surface area contributed by atoms with Crippen LogP contribution in [-0.4, -0.2) is 76.6 Å². The van der Waals surface area contributed by atoms with E-state index in [9.17, 15) is 22.4 Å². The minimum absolute atomic E-state index is 0.00965. The molecule has 3 atom stereocenters. The summed E-state index contributed by atoms with van der Waals surface area (Å²) >= 11 is 6.53. The molecule has 2 aromatic heterocycles. The standard InChI is InChI=1S/C25H26ClF4N7O3.C7H12FN/c1-11-7-13(31)20(27)17(18(11)25(28,29)30)16-8-14-12(10-40-16)22(34-24(33-14)39-3)36-5-4-6-37-15(9-36)19(26)21(35-37)23(38)32-2;8-6-4-7-2-1-3-9(7)5-6/h7,16H,4-6,8-10,31H2,1-3H3,(H,32,38);6-7H,1-5H2. The minimum atomic E-state index is -4.83. The molecular weight excluding hydrogens is 675 g/mol. The van der Waals surface area contributed by atoms with Gasteiger partial charge in [-0.1, -0.05) is 11.6 Å². The molecule has 4 aliphatic heterocycles. The van der Waals surface area contributed by atoms with Crippen LogP contribution in [0.1, 0.15) is 75.9 Å². The topological polar surface area (TPSA) is 124 Å². The average Bonchev–Trinajstić information content (AvgIpc) is 3.68. The van der Waals surface area contributed by atoms with Gasteiger partial charge in [0.05, 0.1) is 54.0 Å². The largest absolute Gasteiger partial charge is 0.467 e. The first kappa shape index (κ1) is 35.1. The third kappa shape index (κ3) is 6.86. The summed E-state index contributed by atoms with van der Waals surface area (Å²) in [7, 11) is 2.85. The monoisotopic (exact) mass is 712 g/mol. The van der Waals surface area contributed by atoms with Crippen molar-refractivity contribution in [2.24, 2.45) is 0 Å². The number of benzene rings is 1. The molecule has 11 nitrogen and oxygen atoms in total. The van der Waals surface area contributed by atoms with E-state index in [0.29, 0.717) is 54.9 Å². The molecule has 0 bridgehead atoms. The first-order valence-electron chi connectivity index (χ1n) is 16.1. The van der Waals surface area contributed by atoms with E-state index in [2.05, 4.69) is 25.3 Å². The summed E-state index contributed by atoms with van der Waals surface area (Å²) in [5, 5.41) is 7.08. The zero-order valence-corrected chi connectivity index (χ0v) is 28.1. The number of nitrogens with zero attached hydrogens (tertiary/aromatic N) is 6. The van der Waals surface area contributed by atoms with Crippen molar-refractivity contribution in [1.29, 1.82) is 0 Å². The summed E-state index contributed by atoms with van der Waals surface area (Å²) in [5.74, 6) is -1.15. The molecule has 0 radical (unpaired) electrons. The van der Waals surface area contributed by atoms with Crippen LogP contribution in [0.4, 0.5) is 33.5 Å². The van der Waals surface area contributed by atoms with Gasteiger partial charge in [0.15, 0.2) is 11.5 Å². The smallest absolute Gasteiger partial charge is 0.417 e. The zero-order valence-electron chi connectivity index (χ0n) is 27.3. The second-order valence-corrected chi connectivity index (χ2v) is 13.0. The van der Waals surface area contributed by atoms with Gasteiger partial charge in [-0.3, -0.25) is 14.4 Å². The van der Waals surface area contributed by atoms with Crippen molar-refractivity contribution in [2.45, 2.75) is 83.2 Å². The average molecular weight is 713 g/mol. The molecule has 266 valence electrons. The van der Waals surface area contributed by atoms with Crippen molar-refractivity contribution in [2.75, 3.05) is 44.4 Å². The summed E-state index contributed by atoms with van der Waals surface area (Å²) in [5.41, 5.74) is 4.94. The van der Waals surface area contributed by atoms with Crippen LogP contribution in [0.3, 0.4) is 0 Å². The van der Waals surface area contributed by atoms with Crippen LogP contribution in [0.25, 0.3) is 0 Å². The number of amides is 1. The lowest BCUT2D eigenvalue weighted by Crippen LogP contribution is -2.29. The predicted molar refractivity (Wildman–Crippen MR) is 171 cm³/mol. The SMILES string of the molecule is CNC(=O)c1nn2c(c1Cl)CN(c1nc(OC)nc3c1COC(c1c(F)c(N)cc(C)c1C(F)(F)F)C3)CCC2.FC1CC2CCCN2C1. The Balaban J connectivity index is 0.000000396. The lowest BCUT2D eigenvalue weighted by atomic mass is 9.91. The van der Waals surface area contributed by atoms with Gasteiger partial charge in [0.2, 0.25) is 0 Å². The van der Waals surface area contributed by atoms with Gasteiger partial charge in [-0.15, -0.1) is 0 Å². The molecule has 7 rings (SSSR count). The Bertz CT molecular complexity index is 1730. The molecule has 49 heavy (non-hydrogen) atoms. The molecule has 17 heteroatoms. The van der Waals surface area contributed by atoms with E-state index in [4.69, 9.17) is 26.8 Å². The van der Waals surface area contributed by atoms with Crippen LogP contribution in [0.5, 0.6) is 6.01 Å². The van der Waals surface area contributed by atoms with Crippen LogP contribution >= 0.6 is 11.6 Å². The Labute approximate surface area is 284 Å². The Morgan fingerprint density at radius 1 is 1.20 bits per heavy atom. The van der Waals surface area contributed by atoms with Gasteiger partial charge in [-0.25, -0.2) is 8.78 Å². The number of hydrogen-bond acceptors (Lipinski definition) is 9. The number of nitrogens with two attached hydrogens (primary N) is 1. The highest BCUT2D eigenvalue weighted by molar-refractivity contribution is 6.34. The molecule has 6 heterocycles. The quantitative estimate of drug-likeness (QED) is 0.279. The van der Waals surface area contributed by atoms with Crippen molar-refractivity contribution in [3.05, 3.63) is 56.2 Å². The summed E-state index contributed by atoms with van der Waals surface area (Å²) in [6.45, 7) is 4.16. The number of anilines is 2. The first-order chi connectivity index (χ1) is 23.3. The second-order valence-electron chi connectivity index (χ2n) is 12.7. The Morgan fingerprint density at radius 3 is 2.67 bits per heavy atom. The molecule has 2 fully saturated rings. The molecule has 3 N–H and O–H groups in total. The fraction of sp³-hybridized carbons (Fsp3) is 0.562. The van der Waals surface area contributed by atoms with Crippen molar-refractivity contribution in [3.8, 4) is 6.01 Å². The van der Waals surface area contributed by atoms with Gasteiger partial charge in [0, 0.05) is 50.3 Å². The summed E-state index contributed by atoms with van der Waals surface area (Å²) in [6, 6.07) is 1.57. The fourth-order valence-corrected chi connectivity index (χ4v) is 7.53. The molecule has 0 aliphatic carbocycles. The van der Waals surface area contributed by atoms with Gasteiger partial charge < -0.3 is 25.4 Å². The Morgan fingerprint density at radius 2 is 1.98 bits per heavy atom. The number of nitrogen functional groups attached to an aromatic ring is 1. The van der Waals surface area contributed by atoms with E-state index in [1.165, 1.54) is 33.9 Å². The summed E-state index contributed by atoms with van der Waals surface area (Å²) in [4.78, 5) is 25.3. The lowest BCUT2D eigenvalue weighted by Gasteiger charge is -2.32. The number of hydrogen-bond donors (Lipinski definition) is 2. The van der Waals surface area contributed by atoms with E-state index in [1.807, 2.05) is 4.90 Å². The van der Waals surface area contributed by atoms with Crippen LogP contribution in [0.2, 0.25) is 5.02 Å². The first-order valence-corrected chi connectivity index (χ1v) is 16.5. The van der Waals surface area contributed by atoms with Gasteiger partial charge in [-0.2, -0.15) is 28.2 Å². The fourth-order valence-electron chi connectivity index (χ4n) is 7.25. The second kappa shape index (κ2) is 13.9. The maximum Gasteiger partial charge on any atom is 0.417 e. The number of alkyl halides is 4. The van der Waals surface area contributed by atoms with Crippen LogP contribution in [0.15, 0.2) is 6.07 Å². The van der Waals surface area contributed by atoms with Gasteiger partial charge in [-0.05, 0) is 50.8 Å². The van der Waals surface area contributed by atoms with Crippen LogP contribution < -0.4 is 20.7 Å². The van der Waals surface area contributed by atoms with Crippen molar-refractivity contribution >= 4 is 29.0 Å². The van der Waals surface area contributed by atoms with Crippen LogP contribution in [0, 0.1) is 12.7 Å². The zero-order chi connectivity index (χ0) is 35.2. The number of methoxy groups -OCH3 is 1. The number of aryl methyl sites for hydroxylation is 2. The molecule has 2 saturated heterocycles. The number of carbonyl (C=O) groups is 1. The normalized spacial score (nSPS) is 22.1. The van der Waals surface area contributed by atoms with Gasteiger partial charge in [0.1, 0.15) is 12.0 Å².